The Hall–Kier alpha value is -0.670. The highest BCUT2D eigenvalue weighted by Gasteiger charge is 2.73. The molecule has 64 valence electrons. The summed E-state index contributed by atoms with van der Waals surface area (Å²) in [6.07, 6.45) is -0.376. The van der Waals surface area contributed by atoms with Crippen LogP contribution in [0.5, 0.6) is 0 Å². The molecule has 0 aliphatic heterocycles. The molecule has 2 nitrogen and oxygen atoms in total. The second-order valence-electron chi connectivity index (χ2n) is 2.93. The first-order valence-corrected chi connectivity index (χ1v) is 3.49. The van der Waals surface area contributed by atoms with Crippen molar-refractivity contribution in [3.05, 3.63) is 0 Å². The first kappa shape index (κ1) is 8.43. The second kappa shape index (κ2) is 2.16. The minimum atomic E-state index is -2.85. The van der Waals surface area contributed by atoms with E-state index in [1.807, 2.05) is 0 Å². The number of carbonyl (C=O) groups is 1. The molecule has 0 bridgehead atoms. The van der Waals surface area contributed by atoms with E-state index in [1.54, 1.807) is 6.92 Å². The van der Waals surface area contributed by atoms with Crippen molar-refractivity contribution < 1.29 is 18.3 Å². The monoisotopic (exact) mass is 164 g/mol. The second-order valence-corrected chi connectivity index (χ2v) is 2.93. The first-order valence-electron chi connectivity index (χ1n) is 3.49. The quantitative estimate of drug-likeness (QED) is 0.579. The number of rotatable bonds is 2. The van der Waals surface area contributed by atoms with Crippen LogP contribution in [0.3, 0.4) is 0 Å². The lowest BCUT2D eigenvalue weighted by Gasteiger charge is -2.07. The van der Waals surface area contributed by atoms with Gasteiger partial charge in [-0.25, -0.2) is 8.78 Å². The van der Waals surface area contributed by atoms with E-state index in [9.17, 15) is 13.6 Å². The van der Waals surface area contributed by atoms with Gasteiger partial charge in [0.2, 0.25) is 0 Å². The zero-order chi connectivity index (χ0) is 8.70. The molecule has 1 unspecified atom stereocenters. The van der Waals surface area contributed by atoms with Crippen molar-refractivity contribution in [3.8, 4) is 0 Å². The summed E-state index contributed by atoms with van der Waals surface area (Å²) in [5.41, 5.74) is -1.54. The Morgan fingerprint density at radius 1 is 1.64 bits per heavy atom. The molecule has 0 aromatic rings. The van der Waals surface area contributed by atoms with Crippen LogP contribution in [0.4, 0.5) is 8.78 Å². The van der Waals surface area contributed by atoms with Crippen LogP contribution in [0.25, 0.3) is 0 Å². The number of hydrogen-bond acceptors (Lipinski definition) is 2. The summed E-state index contributed by atoms with van der Waals surface area (Å²) < 4.78 is 29.4. The summed E-state index contributed by atoms with van der Waals surface area (Å²) in [6, 6.07) is 0. The average molecular weight is 164 g/mol. The van der Waals surface area contributed by atoms with E-state index in [4.69, 9.17) is 0 Å². The Bertz CT molecular complexity index is 191. The Morgan fingerprint density at radius 3 is 2.36 bits per heavy atom. The highest BCUT2D eigenvalue weighted by Crippen LogP contribution is 2.60. The Kier molecular flexibility index (Phi) is 1.65. The summed E-state index contributed by atoms with van der Waals surface area (Å²) in [6.45, 7) is 2.98. The molecular weight excluding hydrogens is 154 g/mol. The average Bonchev–Trinajstić information content (AvgIpc) is 2.35. The zero-order valence-corrected chi connectivity index (χ0v) is 6.49. The predicted octanol–water partition coefficient (Wildman–Crippen LogP) is 1.59. The third-order valence-corrected chi connectivity index (χ3v) is 1.98. The normalized spacial score (nSPS) is 33.1. The number of halogens is 2. The summed E-state index contributed by atoms with van der Waals surface area (Å²) in [5.74, 6) is -3.64. The third kappa shape index (κ3) is 1.10. The van der Waals surface area contributed by atoms with Crippen molar-refractivity contribution in [2.45, 2.75) is 26.2 Å². The van der Waals surface area contributed by atoms with E-state index < -0.39 is 17.3 Å². The molecule has 0 radical (unpaired) electrons. The van der Waals surface area contributed by atoms with Gasteiger partial charge in [-0.15, -0.1) is 0 Å². The van der Waals surface area contributed by atoms with Crippen molar-refractivity contribution in [1.82, 2.24) is 0 Å². The van der Waals surface area contributed by atoms with Gasteiger partial charge in [0.15, 0.2) is 0 Å². The van der Waals surface area contributed by atoms with Crippen molar-refractivity contribution in [1.29, 1.82) is 0 Å². The Morgan fingerprint density at radius 2 is 2.09 bits per heavy atom. The highest BCUT2D eigenvalue weighted by molar-refractivity contribution is 5.81. The van der Waals surface area contributed by atoms with Crippen molar-refractivity contribution in [2.24, 2.45) is 5.41 Å². The van der Waals surface area contributed by atoms with Gasteiger partial charge in [-0.05, 0) is 13.8 Å². The molecule has 0 heterocycles. The Balaban J connectivity index is 2.57. The molecule has 0 N–H and O–H groups in total. The number of hydrogen-bond donors (Lipinski definition) is 0. The highest BCUT2D eigenvalue weighted by atomic mass is 19.3. The van der Waals surface area contributed by atoms with Crippen molar-refractivity contribution in [3.63, 3.8) is 0 Å². The van der Waals surface area contributed by atoms with Crippen LogP contribution in [-0.4, -0.2) is 18.5 Å². The van der Waals surface area contributed by atoms with Gasteiger partial charge in [0.05, 0.1) is 6.61 Å². The molecule has 1 atom stereocenters. The fraction of sp³-hybridized carbons (Fsp3) is 0.857. The van der Waals surface area contributed by atoms with E-state index in [-0.39, 0.29) is 13.0 Å². The molecule has 0 amide bonds. The van der Waals surface area contributed by atoms with Gasteiger partial charge in [-0.3, -0.25) is 4.79 Å². The van der Waals surface area contributed by atoms with E-state index in [1.165, 1.54) is 6.92 Å². The number of carbonyl (C=O) groups excluding carboxylic acids is 1. The molecular formula is C7H10F2O2. The topological polar surface area (TPSA) is 26.3 Å². The largest absolute Gasteiger partial charge is 0.465 e. The standard InChI is InChI=1S/C7H10F2O2/c1-3-11-5(10)6(2)4-7(6,8)9/h3-4H2,1-2H3. The van der Waals surface area contributed by atoms with Crippen molar-refractivity contribution in [2.75, 3.05) is 6.61 Å². The van der Waals surface area contributed by atoms with Crippen LogP contribution in [-0.2, 0) is 9.53 Å². The maximum absolute atomic E-state index is 12.5. The smallest absolute Gasteiger partial charge is 0.318 e. The maximum Gasteiger partial charge on any atom is 0.318 e. The van der Waals surface area contributed by atoms with Crippen LogP contribution >= 0.6 is 0 Å². The minimum Gasteiger partial charge on any atom is -0.465 e. The number of esters is 1. The Labute approximate surface area is 63.5 Å². The fourth-order valence-corrected chi connectivity index (χ4v) is 0.912. The van der Waals surface area contributed by atoms with Gasteiger partial charge in [-0.2, -0.15) is 0 Å². The first-order chi connectivity index (χ1) is 4.94. The summed E-state index contributed by atoms with van der Waals surface area (Å²) >= 11 is 0. The van der Waals surface area contributed by atoms with Gasteiger partial charge >= 0.3 is 5.97 Å². The molecule has 0 aromatic heterocycles. The van der Waals surface area contributed by atoms with Gasteiger partial charge in [0, 0.05) is 6.42 Å². The number of ether oxygens (including phenoxy) is 1. The van der Waals surface area contributed by atoms with Gasteiger partial charge in [-0.1, -0.05) is 0 Å². The molecule has 4 heteroatoms. The van der Waals surface area contributed by atoms with E-state index in [0.717, 1.165) is 0 Å². The fourth-order valence-electron chi connectivity index (χ4n) is 0.912. The molecule has 1 fully saturated rings. The lowest BCUT2D eigenvalue weighted by molar-refractivity contribution is -0.152. The molecule has 1 saturated carbocycles. The van der Waals surface area contributed by atoms with Crippen LogP contribution in [0, 0.1) is 5.41 Å². The molecule has 1 rings (SSSR count). The molecule has 0 aromatic carbocycles. The van der Waals surface area contributed by atoms with Crippen molar-refractivity contribution >= 4 is 5.97 Å². The third-order valence-electron chi connectivity index (χ3n) is 1.98. The molecule has 0 saturated heterocycles. The van der Waals surface area contributed by atoms with Crippen LogP contribution in [0.1, 0.15) is 20.3 Å². The lowest BCUT2D eigenvalue weighted by Crippen LogP contribution is -2.21. The maximum atomic E-state index is 12.5. The predicted molar refractivity (Wildman–Crippen MR) is 34.3 cm³/mol. The molecule has 11 heavy (non-hydrogen) atoms. The van der Waals surface area contributed by atoms with Crippen LogP contribution < -0.4 is 0 Å². The van der Waals surface area contributed by atoms with Crippen LogP contribution in [0.2, 0.25) is 0 Å². The zero-order valence-electron chi connectivity index (χ0n) is 6.49. The van der Waals surface area contributed by atoms with Gasteiger partial charge in [0.1, 0.15) is 5.41 Å². The summed E-state index contributed by atoms with van der Waals surface area (Å²) in [5, 5.41) is 0. The summed E-state index contributed by atoms with van der Waals surface area (Å²) in [7, 11) is 0. The SMILES string of the molecule is CCOC(=O)C1(C)CC1(F)F. The lowest BCUT2D eigenvalue weighted by atomic mass is 10.1. The van der Waals surface area contributed by atoms with E-state index in [2.05, 4.69) is 4.74 Å². The van der Waals surface area contributed by atoms with Crippen LogP contribution in [0.15, 0.2) is 0 Å². The molecule has 1 aliphatic carbocycles. The number of alkyl halides is 2. The molecule has 0 spiro atoms. The minimum absolute atomic E-state index is 0.157. The van der Waals surface area contributed by atoms with Gasteiger partial charge < -0.3 is 4.74 Å². The van der Waals surface area contributed by atoms with E-state index >= 15 is 0 Å². The summed E-state index contributed by atoms with van der Waals surface area (Å²) in [4.78, 5) is 10.8. The van der Waals surface area contributed by atoms with E-state index in [0.29, 0.717) is 0 Å². The van der Waals surface area contributed by atoms with Gasteiger partial charge in [0.25, 0.3) is 5.92 Å². The molecule has 1 aliphatic rings.